The molecule has 0 fully saturated rings. The first kappa shape index (κ1) is 11.6. The molecule has 1 unspecified atom stereocenters. The number of rotatable bonds is 2. The van der Waals surface area contributed by atoms with Crippen LogP contribution in [0.1, 0.15) is 17.2 Å². The molecule has 1 aliphatic heterocycles. The molecule has 1 aliphatic rings. The van der Waals surface area contributed by atoms with Crippen molar-refractivity contribution in [2.45, 2.75) is 13.0 Å². The zero-order valence-corrected chi connectivity index (χ0v) is 9.86. The number of hydrogen-bond donors (Lipinski definition) is 2. The first-order chi connectivity index (χ1) is 8.04. The van der Waals surface area contributed by atoms with Gasteiger partial charge in [-0.2, -0.15) is 0 Å². The number of fused-ring (bicyclic) bond motifs is 1. The van der Waals surface area contributed by atoms with E-state index >= 15 is 0 Å². The van der Waals surface area contributed by atoms with Crippen molar-refractivity contribution >= 4 is 17.5 Å². The quantitative estimate of drug-likeness (QED) is 0.760. The minimum absolute atomic E-state index is 0.0130. The van der Waals surface area contributed by atoms with Crippen LogP contribution in [-0.4, -0.2) is 25.4 Å². The van der Waals surface area contributed by atoms with Crippen molar-refractivity contribution in [3.8, 4) is 0 Å². The van der Waals surface area contributed by atoms with Gasteiger partial charge in [0.05, 0.1) is 0 Å². The summed E-state index contributed by atoms with van der Waals surface area (Å²) in [5, 5.41) is 2.50. The lowest BCUT2D eigenvalue weighted by Crippen LogP contribution is -2.39. The topological polar surface area (TPSA) is 75.4 Å². The van der Waals surface area contributed by atoms with Crippen LogP contribution in [0.3, 0.4) is 0 Å². The zero-order chi connectivity index (χ0) is 12.6. The molecule has 1 aromatic carbocycles. The number of nitrogens with one attached hydrogen (secondary N) is 1. The first-order valence-corrected chi connectivity index (χ1v) is 5.42. The first-order valence-electron chi connectivity index (χ1n) is 5.42. The molecule has 5 heteroatoms. The van der Waals surface area contributed by atoms with E-state index in [-0.39, 0.29) is 18.4 Å². The normalized spacial score (nSPS) is 18.2. The number of nitrogens with two attached hydrogens (primary N) is 1. The number of likely N-dealkylation sites (N-methyl/N-ethyl adjacent to an activating group) is 1. The van der Waals surface area contributed by atoms with Gasteiger partial charge in [0.1, 0.15) is 12.6 Å². The van der Waals surface area contributed by atoms with Crippen LogP contribution in [0.5, 0.6) is 0 Å². The smallest absolute Gasteiger partial charge is 0.249 e. The largest absolute Gasteiger partial charge is 0.358 e. The van der Waals surface area contributed by atoms with Crippen LogP contribution in [0.15, 0.2) is 18.2 Å². The van der Waals surface area contributed by atoms with Crippen molar-refractivity contribution in [1.29, 1.82) is 0 Å². The molecule has 0 saturated carbocycles. The number of benzene rings is 1. The van der Waals surface area contributed by atoms with Crippen molar-refractivity contribution in [3.05, 3.63) is 29.3 Å². The average Bonchev–Trinajstić information content (AvgIpc) is 2.54. The van der Waals surface area contributed by atoms with Crippen molar-refractivity contribution in [1.82, 2.24) is 5.32 Å². The Labute approximate surface area is 99.6 Å². The molecule has 1 atom stereocenters. The van der Waals surface area contributed by atoms with E-state index in [1.54, 1.807) is 7.05 Å². The summed E-state index contributed by atoms with van der Waals surface area (Å²) in [6.07, 6.45) is 0. The fourth-order valence-corrected chi connectivity index (χ4v) is 1.97. The Kier molecular flexibility index (Phi) is 2.85. The van der Waals surface area contributed by atoms with Gasteiger partial charge in [-0.1, -0.05) is 17.7 Å². The molecule has 0 bridgehead atoms. The summed E-state index contributed by atoms with van der Waals surface area (Å²) in [6.45, 7) is 1.96. The van der Waals surface area contributed by atoms with Gasteiger partial charge in [-0.15, -0.1) is 0 Å². The summed E-state index contributed by atoms with van der Waals surface area (Å²) in [5.41, 5.74) is 8.42. The molecule has 0 aromatic heterocycles. The van der Waals surface area contributed by atoms with E-state index in [2.05, 4.69) is 5.32 Å². The van der Waals surface area contributed by atoms with E-state index in [0.29, 0.717) is 0 Å². The molecule has 2 amide bonds. The van der Waals surface area contributed by atoms with E-state index in [0.717, 1.165) is 16.8 Å². The zero-order valence-electron chi connectivity index (χ0n) is 9.86. The third-order valence-electron chi connectivity index (χ3n) is 2.92. The molecule has 90 valence electrons. The average molecular weight is 233 g/mol. The number of amides is 2. The van der Waals surface area contributed by atoms with E-state index in [9.17, 15) is 9.59 Å². The molecule has 17 heavy (non-hydrogen) atoms. The third kappa shape index (κ3) is 1.89. The van der Waals surface area contributed by atoms with Gasteiger partial charge in [-0.3, -0.25) is 9.59 Å². The molecule has 1 heterocycles. The number of aryl methyl sites for hydroxylation is 1. The Balaban J connectivity index is 2.38. The SMILES string of the molecule is CNC(=O)CN1C(=O)C(N)c2cc(C)ccc21. The van der Waals surface area contributed by atoms with Gasteiger partial charge in [0.25, 0.3) is 0 Å². The molecule has 0 spiro atoms. The van der Waals surface area contributed by atoms with Crippen LogP contribution in [-0.2, 0) is 9.59 Å². The van der Waals surface area contributed by atoms with Crippen LogP contribution in [0, 0.1) is 6.92 Å². The second-order valence-electron chi connectivity index (χ2n) is 4.14. The third-order valence-corrected chi connectivity index (χ3v) is 2.92. The van der Waals surface area contributed by atoms with Crippen LogP contribution >= 0.6 is 0 Å². The fraction of sp³-hybridized carbons (Fsp3) is 0.333. The molecular weight excluding hydrogens is 218 g/mol. The Hall–Kier alpha value is -1.88. The highest BCUT2D eigenvalue weighted by atomic mass is 16.2. The maximum absolute atomic E-state index is 11.9. The Morgan fingerprint density at radius 1 is 1.53 bits per heavy atom. The minimum Gasteiger partial charge on any atom is -0.358 e. The summed E-state index contributed by atoms with van der Waals surface area (Å²) >= 11 is 0. The monoisotopic (exact) mass is 233 g/mol. The Morgan fingerprint density at radius 2 is 2.24 bits per heavy atom. The molecule has 0 aliphatic carbocycles. The molecule has 5 nitrogen and oxygen atoms in total. The molecule has 2 rings (SSSR count). The van der Waals surface area contributed by atoms with Crippen molar-refractivity contribution in [2.75, 3.05) is 18.5 Å². The van der Waals surface area contributed by atoms with Gasteiger partial charge in [-0.25, -0.2) is 0 Å². The number of anilines is 1. The highest BCUT2D eigenvalue weighted by molar-refractivity contribution is 6.07. The van der Waals surface area contributed by atoms with Crippen LogP contribution < -0.4 is 16.0 Å². The van der Waals surface area contributed by atoms with E-state index in [1.807, 2.05) is 25.1 Å². The number of hydrogen-bond acceptors (Lipinski definition) is 3. The highest BCUT2D eigenvalue weighted by Crippen LogP contribution is 2.34. The van der Waals surface area contributed by atoms with E-state index < -0.39 is 6.04 Å². The number of nitrogens with zero attached hydrogens (tertiary/aromatic N) is 1. The molecule has 0 saturated heterocycles. The summed E-state index contributed by atoms with van der Waals surface area (Å²) in [7, 11) is 1.54. The van der Waals surface area contributed by atoms with Gasteiger partial charge in [0.15, 0.2) is 0 Å². The second kappa shape index (κ2) is 4.18. The predicted molar refractivity (Wildman–Crippen MR) is 64.5 cm³/mol. The van der Waals surface area contributed by atoms with Crippen LogP contribution in [0.2, 0.25) is 0 Å². The van der Waals surface area contributed by atoms with E-state index in [1.165, 1.54) is 4.90 Å². The lowest BCUT2D eigenvalue weighted by atomic mass is 10.1. The van der Waals surface area contributed by atoms with Gasteiger partial charge in [0.2, 0.25) is 11.8 Å². The van der Waals surface area contributed by atoms with Crippen molar-refractivity contribution < 1.29 is 9.59 Å². The number of carbonyl (C=O) groups excluding carboxylic acids is 2. The maximum Gasteiger partial charge on any atom is 0.249 e. The lowest BCUT2D eigenvalue weighted by molar-refractivity contribution is -0.123. The van der Waals surface area contributed by atoms with Crippen molar-refractivity contribution in [3.63, 3.8) is 0 Å². The highest BCUT2D eigenvalue weighted by Gasteiger charge is 2.35. The van der Waals surface area contributed by atoms with Crippen molar-refractivity contribution in [2.24, 2.45) is 5.73 Å². The molecular formula is C12H15N3O2. The van der Waals surface area contributed by atoms with Gasteiger partial charge >= 0.3 is 0 Å². The van der Waals surface area contributed by atoms with Crippen LogP contribution in [0.4, 0.5) is 5.69 Å². The van der Waals surface area contributed by atoms with E-state index in [4.69, 9.17) is 5.73 Å². The fourth-order valence-electron chi connectivity index (χ4n) is 1.97. The summed E-state index contributed by atoms with van der Waals surface area (Å²) in [5.74, 6) is -0.437. The van der Waals surface area contributed by atoms with Gasteiger partial charge in [0, 0.05) is 18.3 Å². The van der Waals surface area contributed by atoms with Gasteiger partial charge in [-0.05, 0) is 13.0 Å². The Bertz CT molecular complexity index is 485. The molecule has 3 N–H and O–H groups in total. The number of carbonyl (C=O) groups is 2. The molecule has 1 aromatic rings. The lowest BCUT2D eigenvalue weighted by Gasteiger charge is -2.16. The molecule has 0 radical (unpaired) electrons. The second-order valence-corrected chi connectivity index (χ2v) is 4.14. The summed E-state index contributed by atoms with van der Waals surface area (Å²) in [6, 6.07) is 4.97. The van der Waals surface area contributed by atoms with Crippen LogP contribution in [0.25, 0.3) is 0 Å². The minimum atomic E-state index is -0.658. The van der Waals surface area contributed by atoms with Gasteiger partial charge < -0.3 is 16.0 Å². The standard InChI is InChI=1S/C12H15N3O2/c1-7-3-4-9-8(5-7)11(13)12(17)15(9)6-10(16)14-2/h3-5,11H,6,13H2,1-2H3,(H,14,16). The summed E-state index contributed by atoms with van der Waals surface area (Å²) < 4.78 is 0. The summed E-state index contributed by atoms with van der Waals surface area (Å²) in [4.78, 5) is 24.7. The predicted octanol–water partition coefficient (Wildman–Crippen LogP) is 0.0874. The maximum atomic E-state index is 11.9. The Morgan fingerprint density at radius 3 is 2.88 bits per heavy atom.